The highest BCUT2D eigenvalue weighted by molar-refractivity contribution is 6.74. The van der Waals surface area contributed by atoms with E-state index >= 15 is 0 Å². The fraction of sp³-hybridized carbons (Fsp3) is 0.733. The Labute approximate surface area is 136 Å². The lowest BCUT2D eigenvalue weighted by molar-refractivity contribution is -0.133. The second-order valence-electron chi connectivity index (χ2n) is 7.62. The smallest absolute Gasteiger partial charge is 0.330 e. The maximum Gasteiger partial charge on any atom is 0.330 e. The zero-order valence-electron chi connectivity index (χ0n) is 14.5. The molecule has 7 nitrogen and oxygen atoms in total. The maximum atomic E-state index is 12.0. The van der Waals surface area contributed by atoms with Crippen molar-refractivity contribution in [3.63, 3.8) is 0 Å². The fourth-order valence-electron chi connectivity index (χ4n) is 2.17. The molecule has 1 fully saturated rings. The Bertz CT molecular complexity index is 688. The van der Waals surface area contributed by atoms with Gasteiger partial charge in [0.25, 0.3) is 5.56 Å². The van der Waals surface area contributed by atoms with Crippen LogP contribution < -0.4 is 11.2 Å². The molecule has 0 aliphatic carbocycles. The molecule has 130 valence electrons. The Hall–Kier alpha value is -1.22. The SMILES string of the molecule is Cc1cn([C@H]2C[C@H](O)[C@@H](O[Si](C)(C)C(C)(C)C)O2)c(=O)[nH]c1=O. The summed E-state index contributed by atoms with van der Waals surface area (Å²) in [4.78, 5) is 25.7. The minimum absolute atomic E-state index is 0.0143. The van der Waals surface area contributed by atoms with E-state index in [0.717, 1.165) is 0 Å². The molecule has 1 aromatic heterocycles. The predicted molar refractivity (Wildman–Crippen MR) is 88.9 cm³/mol. The van der Waals surface area contributed by atoms with E-state index in [1.54, 1.807) is 6.92 Å². The van der Waals surface area contributed by atoms with Crippen LogP contribution in [0.3, 0.4) is 0 Å². The first-order chi connectivity index (χ1) is 10.4. The Balaban J connectivity index is 2.21. The summed E-state index contributed by atoms with van der Waals surface area (Å²) >= 11 is 0. The molecule has 0 saturated carbocycles. The van der Waals surface area contributed by atoms with Gasteiger partial charge in [-0.05, 0) is 25.1 Å². The Morgan fingerprint density at radius 3 is 2.57 bits per heavy atom. The number of aromatic amines is 1. The molecule has 2 heterocycles. The van der Waals surface area contributed by atoms with Crippen LogP contribution in [0, 0.1) is 6.92 Å². The van der Waals surface area contributed by atoms with Gasteiger partial charge in [0.15, 0.2) is 14.6 Å². The van der Waals surface area contributed by atoms with Crippen LogP contribution >= 0.6 is 0 Å². The van der Waals surface area contributed by atoms with E-state index in [-0.39, 0.29) is 11.5 Å². The van der Waals surface area contributed by atoms with Crippen molar-refractivity contribution in [2.45, 2.75) is 70.9 Å². The van der Waals surface area contributed by atoms with Crippen molar-refractivity contribution in [1.82, 2.24) is 9.55 Å². The van der Waals surface area contributed by atoms with Gasteiger partial charge >= 0.3 is 5.69 Å². The minimum Gasteiger partial charge on any atom is -0.390 e. The highest BCUT2D eigenvalue weighted by Crippen LogP contribution is 2.40. The van der Waals surface area contributed by atoms with E-state index in [4.69, 9.17) is 9.16 Å². The summed E-state index contributed by atoms with van der Waals surface area (Å²) in [5, 5.41) is 10.2. The van der Waals surface area contributed by atoms with Gasteiger partial charge in [-0.1, -0.05) is 20.8 Å². The third-order valence-electron chi connectivity index (χ3n) is 4.72. The van der Waals surface area contributed by atoms with Crippen molar-refractivity contribution in [3.8, 4) is 0 Å². The van der Waals surface area contributed by atoms with Gasteiger partial charge in [0.1, 0.15) is 12.3 Å². The Morgan fingerprint density at radius 2 is 2.00 bits per heavy atom. The minimum atomic E-state index is -2.11. The lowest BCUT2D eigenvalue weighted by Gasteiger charge is -2.38. The summed E-state index contributed by atoms with van der Waals surface area (Å²) in [6.07, 6.45) is -0.533. The molecular formula is C15H26N2O5Si. The molecule has 0 aromatic carbocycles. The van der Waals surface area contributed by atoms with E-state index < -0.39 is 38.2 Å². The zero-order chi connectivity index (χ0) is 17.6. The second kappa shape index (κ2) is 6.01. The molecule has 3 atom stereocenters. The second-order valence-corrected chi connectivity index (χ2v) is 12.4. The van der Waals surface area contributed by atoms with Crippen molar-refractivity contribution in [2.24, 2.45) is 0 Å². The van der Waals surface area contributed by atoms with Crippen LogP contribution in [0.5, 0.6) is 0 Å². The van der Waals surface area contributed by atoms with E-state index in [1.807, 2.05) is 0 Å². The topological polar surface area (TPSA) is 93.6 Å². The fourth-order valence-corrected chi connectivity index (χ4v) is 3.32. The average molecular weight is 342 g/mol. The molecular weight excluding hydrogens is 316 g/mol. The number of nitrogens with one attached hydrogen (secondary N) is 1. The molecule has 2 rings (SSSR count). The average Bonchev–Trinajstić information content (AvgIpc) is 2.73. The number of aliphatic hydroxyl groups excluding tert-OH is 1. The first kappa shape index (κ1) is 18.1. The van der Waals surface area contributed by atoms with E-state index in [0.29, 0.717) is 5.56 Å². The molecule has 0 radical (unpaired) electrons. The van der Waals surface area contributed by atoms with Crippen LogP contribution in [0.15, 0.2) is 15.8 Å². The van der Waals surface area contributed by atoms with Gasteiger partial charge in [-0.25, -0.2) is 4.79 Å². The lowest BCUT2D eigenvalue weighted by Crippen LogP contribution is -2.46. The zero-order valence-corrected chi connectivity index (χ0v) is 15.5. The molecule has 2 N–H and O–H groups in total. The summed E-state index contributed by atoms with van der Waals surface area (Å²) in [5.74, 6) is 0. The van der Waals surface area contributed by atoms with Crippen molar-refractivity contribution >= 4 is 8.32 Å². The van der Waals surface area contributed by atoms with Gasteiger partial charge < -0.3 is 14.3 Å². The summed E-state index contributed by atoms with van der Waals surface area (Å²) in [6.45, 7) is 12.1. The number of ether oxygens (including phenoxy) is 1. The van der Waals surface area contributed by atoms with Crippen LogP contribution in [0.1, 0.15) is 39.0 Å². The molecule has 23 heavy (non-hydrogen) atoms. The normalized spacial score (nSPS) is 25.8. The highest BCUT2D eigenvalue weighted by atomic mass is 28.4. The number of H-pyrrole nitrogens is 1. The van der Waals surface area contributed by atoms with Gasteiger partial charge in [-0.2, -0.15) is 0 Å². The van der Waals surface area contributed by atoms with Gasteiger partial charge in [0.05, 0.1) is 0 Å². The number of rotatable bonds is 3. The maximum absolute atomic E-state index is 12.0. The summed E-state index contributed by atoms with van der Waals surface area (Å²) in [7, 11) is -2.11. The molecule has 0 unspecified atom stereocenters. The van der Waals surface area contributed by atoms with Gasteiger partial charge in [-0.15, -0.1) is 0 Å². The summed E-state index contributed by atoms with van der Waals surface area (Å²) in [5.41, 5.74) is -0.555. The molecule has 1 aliphatic rings. The van der Waals surface area contributed by atoms with Crippen LogP contribution in [0.25, 0.3) is 0 Å². The van der Waals surface area contributed by atoms with Crippen molar-refractivity contribution in [2.75, 3.05) is 0 Å². The molecule has 1 aliphatic heterocycles. The number of hydrogen-bond donors (Lipinski definition) is 2. The summed E-state index contributed by atoms with van der Waals surface area (Å²) in [6, 6.07) is 0. The number of aliphatic hydroxyl groups is 1. The lowest BCUT2D eigenvalue weighted by atomic mass is 10.2. The molecule has 8 heteroatoms. The van der Waals surface area contributed by atoms with Crippen LogP contribution in [-0.4, -0.2) is 35.4 Å². The van der Waals surface area contributed by atoms with Gasteiger partial charge in [-0.3, -0.25) is 14.3 Å². The molecule has 1 aromatic rings. The first-order valence-electron chi connectivity index (χ1n) is 7.76. The number of aryl methyl sites for hydroxylation is 1. The molecule has 0 amide bonds. The number of aromatic nitrogens is 2. The predicted octanol–water partition coefficient (Wildman–Crippen LogP) is 1.47. The van der Waals surface area contributed by atoms with Crippen molar-refractivity contribution in [1.29, 1.82) is 0 Å². The largest absolute Gasteiger partial charge is 0.390 e. The molecule has 0 bridgehead atoms. The van der Waals surface area contributed by atoms with E-state index in [2.05, 4.69) is 38.8 Å². The third-order valence-corrected chi connectivity index (χ3v) is 9.16. The van der Waals surface area contributed by atoms with Crippen molar-refractivity contribution < 1.29 is 14.3 Å². The standard InChI is InChI=1S/C15H26N2O5Si/c1-9-8-17(14(20)16-12(9)19)11-7-10(18)13(21-11)22-23(5,6)15(2,3)4/h8,10-11,13,18H,7H2,1-6H3,(H,16,19,20)/t10-,11+,13+/m0/s1. The van der Waals surface area contributed by atoms with E-state index in [1.165, 1.54) is 10.8 Å². The van der Waals surface area contributed by atoms with Gasteiger partial charge in [0.2, 0.25) is 0 Å². The molecule has 1 saturated heterocycles. The quantitative estimate of drug-likeness (QED) is 0.812. The summed E-state index contributed by atoms with van der Waals surface area (Å²) < 4.78 is 13.2. The van der Waals surface area contributed by atoms with Crippen LogP contribution in [0.4, 0.5) is 0 Å². The Kier molecular flexibility index (Phi) is 4.73. The first-order valence-corrected chi connectivity index (χ1v) is 10.7. The number of hydrogen-bond acceptors (Lipinski definition) is 5. The van der Waals surface area contributed by atoms with Crippen LogP contribution in [-0.2, 0) is 9.16 Å². The van der Waals surface area contributed by atoms with Crippen molar-refractivity contribution in [3.05, 3.63) is 32.6 Å². The monoisotopic (exact) mass is 342 g/mol. The number of nitrogens with zero attached hydrogens (tertiary/aromatic N) is 1. The highest BCUT2D eigenvalue weighted by Gasteiger charge is 2.44. The Morgan fingerprint density at radius 1 is 1.39 bits per heavy atom. The van der Waals surface area contributed by atoms with Crippen LogP contribution in [0.2, 0.25) is 18.1 Å². The third kappa shape index (κ3) is 3.65. The van der Waals surface area contributed by atoms with Gasteiger partial charge in [0, 0.05) is 18.2 Å². The molecule has 0 spiro atoms. The van der Waals surface area contributed by atoms with E-state index in [9.17, 15) is 14.7 Å².